The largest absolute Gasteiger partial charge is 0.493 e. The lowest BCUT2D eigenvalue weighted by molar-refractivity contribution is -0.135. The third-order valence-corrected chi connectivity index (χ3v) is 7.52. The SMILES string of the molecule is COc1ccc(C2=C(c3cc(OC)c(OC)c(OC)c3)C(=O)N(CC(=O)c3ccc(OCc4ccccc4)cc3)C2=O)cc1OC. The van der Waals surface area contributed by atoms with Gasteiger partial charge in [0.25, 0.3) is 11.8 Å². The van der Waals surface area contributed by atoms with Crippen LogP contribution in [-0.2, 0) is 16.2 Å². The predicted octanol–water partition coefficient (Wildman–Crippen LogP) is 5.47. The molecule has 0 saturated carbocycles. The first kappa shape index (κ1) is 31.6. The summed E-state index contributed by atoms with van der Waals surface area (Å²) in [5, 5.41) is 0. The molecule has 5 rings (SSSR count). The van der Waals surface area contributed by atoms with Gasteiger partial charge in [-0.3, -0.25) is 19.3 Å². The Morgan fingerprint density at radius 2 is 1.17 bits per heavy atom. The van der Waals surface area contributed by atoms with Crippen molar-refractivity contribution in [2.24, 2.45) is 0 Å². The molecular formula is C36H33NO9. The Hall–Kier alpha value is -5.77. The first-order valence-corrected chi connectivity index (χ1v) is 14.3. The van der Waals surface area contributed by atoms with Crippen molar-refractivity contribution in [3.63, 3.8) is 0 Å². The van der Waals surface area contributed by atoms with Crippen molar-refractivity contribution in [1.82, 2.24) is 4.90 Å². The number of amides is 2. The van der Waals surface area contributed by atoms with Crippen LogP contribution >= 0.6 is 0 Å². The molecule has 46 heavy (non-hydrogen) atoms. The van der Waals surface area contributed by atoms with Crippen molar-refractivity contribution in [3.8, 4) is 34.5 Å². The second-order valence-corrected chi connectivity index (χ2v) is 10.2. The zero-order chi connectivity index (χ0) is 32.8. The Kier molecular flexibility index (Phi) is 9.56. The molecule has 0 radical (unpaired) electrons. The normalized spacial score (nSPS) is 12.7. The third kappa shape index (κ3) is 6.23. The summed E-state index contributed by atoms with van der Waals surface area (Å²) in [7, 11) is 7.34. The smallest absolute Gasteiger partial charge is 0.262 e. The zero-order valence-corrected chi connectivity index (χ0v) is 26.1. The number of hydrogen-bond donors (Lipinski definition) is 0. The van der Waals surface area contributed by atoms with Crippen molar-refractivity contribution in [2.75, 3.05) is 42.1 Å². The number of hydrogen-bond acceptors (Lipinski definition) is 9. The number of carbonyl (C=O) groups is 3. The molecule has 0 bridgehead atoms. The average molecular weight is 624 g/mol. The van der Waals surface area contributed by atoms with Gasteiger partial charge in [-0.1, -0.05) is 36.4 Å². The molecule has 10 nitrogen and oxygen atoms in total. The molecular weight excluding hydrogens is 590 g/mol. The van der Waals surface area contributed by atoms with E-state index in [0.717, 1.165) is 10.5 Å². The average Bonchev–Trinajstić information content (AvgIpc) is 3.35. The lowest BCUT2D eigenvalue weighted by atomic mass is 9.95. The Bertz CT molecular complexity index is 1770. The Morgan fingerprint density at radius 1 is 0.609 bits per heavy atom. The summed E-state index contributed by atoms with van der Waals surface area (Å²) in [5.41, 5.74) is 2.21. The Labute approximate surface area is 266 Å². The topological polar surface area (TPSA) is 110 Å². The molecule has 0 unspecified atom stereocenters. The summed E-state index contributed by atoms with van der Waals surface area (Å²) >= 11 is 0. The van der Waals surface area contributed by atoms with Crippen LogP contribution in [0, 0.1) is 0 Å². The van der Waals surface area contributed by atoms with Gasteiger partial charge in [0, 0.05) is 5.56 Å². The molecule has 1 aliphatic rings. The highest BCUT2D eigenvalue weighted by Crippen LogP contribution is 2.44. The number of carbonyl (C=O) groups excluding carboxylic acids is 3. The quantitative estimate of drug-likeness (QED) is 0.141. The van der Waals surface area contributed by atoms with Crippen LogP contribution < -0.4 is 28.4 Å². The number of imide groups is 1. The van der Waals surface area contributed by atoms with Crippen LogP contribution in [0.3, 0.4) is 0 Å². The van der Waals surface area contributed by atoms with E-state index in [0.29, 0.717) is 57.8 Å². The molecule has 2 amide bonds. The maximum atomic E-state index is 14.1. The van der Waals surface area contributed by atoms with Crippen LogP contribution in [0.1, 0.15) is 27.0 Å². The van der Waals surface area contributed by atoms with Crippen molar-refractivity contribution in [2.45, 2.75) is 6.61 Å². The minimum absolute atomic E-state index is 0.0638. The summed E-state index contributed by atoms with van der Waals surface area (Å²) in [6, 6.07) is 24.3. The van der Waals surface area contributed by atoms with E-state index in [2.05, 4.69) is 0 Å². The van der Waals surface area contributed by atoms with E-state index in [1.165, 1.54) is 35.5 Å². The van der Waals surface area contributed by atoms with Crippen molar-refractivity contribution >= 4 is 28.7 Å². The molecule has 1 aliphatic heterocycles. The zero-order valence-electron chi connectivity index (χ0n) is 26.1. The van der Waals surface area contributed by atoms with Crippen LogP contribution in [0.5, 0.6) is 34.5 Å². The van der Waals surface area contributed by atoms with Crippen molar-refractivity contribution in [3.05, 3.63) is 107 Å². The maximum absolute atomic E-state index is 14.1. The van der Waals surface area contributed by atoms with Crippen LogP contribution in [0.2, 0.25) is 0 Å². The molecule has 236 valence electrons. The van der Waals surface area contributed by atoms with E-state index < -0.39 is 24.1 Å². The second kappa shape index (κ2) is 13.9. The lowest BCUT2D eigenvalue weighted by Crippen LogP contribution is -2.36. The molecule has 0 fully saturated rings. The molecule has 4 aromatic rings. The van der Waals surface area contributed by atoms with E-state index in [9.17, 15) is 14.4 Å². The minimum Gasteiger partial charge on any atom is -0.493 e. The fraction of sp³-hybridized carbons (Fsp3) is 0.194. The highest BCUT2D eigenvalue weighted by atomic mass is 16.5. The van der Waals surface area contributed by atoms with Crippen LogP contribution in [0.15, 0.2) is 84.9 Å². The number of ether oxygens (including phenoxy) is 6. The van der Waals surface area contributed by atoms with Gasteiger partial charge >= 0.3 is 0 Å². The minimum atomic E-state index is -0.653. The molecule has 0 saturated heterocycles. The van der Waals surface area contributed by atoms with Crippen molar-refractivity contribution < 1.29 is 42.8 Å². The van der Waals surface area contributed by atoms with Crippen molar-refractivity contribution in [1.29, 1.82) is 0 Å². The predicted molar refractivity (Wildman–Crippen MR) is 171 cm³/mol. The Balaban J connectivity index is 1.48. The number of ketones is 1. The molecule has 10 heteroatoms. The second-order valence-electron chi connectivity index (χ2n) is 10.2. The monoisotopic (exact) mass is 623 g/mol. The number of rotatable bonds is 13. The van der Waals surface area contributed by atoms with E-state index in [-0.39, 0.29) is 11.1 Å². The first-order chi connectivity index (χ1) is 22.3. The molecule has 0 aliphatic carbocycles. The molecule has 0 N–H and O–H groups in total. The standard InChI is InChI=1S/C36H33NO9/c1-41-28-16-13-24(17-29(28)42-2)32-33(25-18-30(43-3)34(45-5)31(19-25)44-4)36(40)37(35(32)39)20-27(38)23-11-14-26(15-12-23)46-21-22-9-7-6-8-10-22/h6-19H,20-21H2,1-5H3. The van der Waals surface area contributed by atoms with E-state index in [1.807, 2.05) is 30.3 Å². The van der Waals surface area contributed by atoms with Gasteiger partial charge < -0.3 is 28.4 Å². The van der Waals surface area contributed by atoms with Gasteiger partial charge in [-0.2, -0.15) is 0 Å². The summed E-state index contributed by atoms with van der Waals surface area (Å²) in [6.45, 7) is -0.105. The summed E-state index contributed by atoms with van der Waals surface area (Å²) in [6.07, 6.45) is 0. The molecule has 4 aromatic carbocycles. The maximum Gasteiger partial charge on any atom is 0.262 e. The van der Waals surface area contributed by atoms with Gasteiger partial charge in [-0.05, 0) is 65.2 Å². The third-order valence-electron chi connectivity index (χ3n) is 7.52. The number of nitrogens with zero attached hydrogens (tertiary/aromatic N) is 1. The van der Waals surface area contributed by atoms with Crippen LogP contribution in [0.4, 0.5) is 0 Å². The molecule has 0 atom stereocenters. The number of methoxy groups -OCH3 is 5. The van der Waals surface area contributed by atoms with Gasteiger partial charge in [-0.15, -0.1) is 0 Å². The van der Waals surface area contributed by atoms with Gasteiger partial charge in [0.05, 0.1) is 53.2 Å². The van der Waals surface area contributed by atoms with Gasteiger partial charge in [0.15, 0.2) is 28.8 Å². The Morgan fingerprint density at radius 3 is 1.74 bits per heavy atom. The van der Waals surface area contributed by atoms with Gasteiger partial charge in [-0.25, -0.2) is 0 Å². The summed E-state index contributed by atoms with van der Waals surface area (Å²) in [5.74, 6) is 0.576. The first-order valence-electron chi connectivity index (χ1n) is 14.3. The van der Waals surface area contributed by atoms with E-state index in [4.69, 9.17) is 28.4 Å². The summed E-state index contributed by atoms with van der Waals surface area (Å²) < 4.78 is 33.1. The number of Topliss-reactive ketones (excluding diaryl/α,β-unsaturated/α-hetero) is 1. The van der Waals surface area contributed by atoms with E-state index >= 15 is 0 Å². The lowest BCUT2D eigenvalue weighted by Gasteiger charge is -2.16. The fourth-order valence-electron chi connectivity index (χ4n) is 5.19. The summed E-state index contributed by atoms with van der Waals surface area (Å²) in [4.78, 5) is 42.5. The van der Waals surface area contributed by atoms with E-state index in [1.54, 1.807) is 54.6 Å². The highest BCUT2D eigenvalue weighted by Gasteiger charge is 2.41. The van der Waals surface area contributed by atoms with Crippen LogP contribution in [0.25, 0.3) is 11.1 Å². The number of benzene rings is 4. The molecule has 1 heterocycles. The van der Waals surface area contributed by atoms with Gasteiger partial charge in [0.1, 0.15) is 12.4 Å². The van der Waals surface area contributed by atoms with Gasteiger partial charge in [0.2, 0.25) is 5.75 Å². The molecule has 0 aromatic heterocycles. The fourth-order valence-corrected chi connectivity index (χ4v) is 5.19. The molecule has 0 spiro atoms. The highest BCUT2D eigenvalue weighted by molar-refractivity contribution is 6.49. The van der Waals surface area contributed by atoms with Crippen LogP contribution in [-0.4, -0.2) is 64.6 Å².